The van der Waals surface area contributed by atoms with Crippen LogP contribution in [0.3, 0.4) is 0 Å². The lowest BCUT2D eigenvalue weighted by Crippen LogP contribution is -2.31. The zero-order valence-electron chi connectivity index (χ0n) is 17.3. The molecule has 1 amide bonds. The van der Waals surface area contributed by atoms with E-state index in [1.54, 1.807) is 6.20 Å². The minimum Gasteiger partial charge on any atom is -0.375 e. The van der Waals surface area contributed by atoms with Gasteiger partial charge in [-0.25, -0.2) is 0 Å². The summed E-state index contributed by atoms with van der Waals surface area (Å²) in [6.45, 7) is 0.932. The summed E-state index contributed by atoms with van der Waals surface area (Å²) in [4.78, 5) is 20.2. The molecule has 0 aliphatic carbocycles. The van der Waals surface area contributed by atoms with E-state index in [1.165, 1.54) is 7.11 Å². The van der Waals surface area contributed by atoms with Gasteiger partial charge in [0.15, 0.2) is 0 Å². The number of amides is 1. The Morgan fingerprint density at radius 1 is 1.13 bits per heavy atom. The number of halogens is 1. The van der Waals surface area contributed by atoms with Crippen LogP contribution >= 0.6 is 0 Å². The number of nitrogens with one attached hydrogen (secondary N) is 1. The van der Waals surface area contributed by atoms with Crippen LogP contribution in [-0.4, -0.2) is 37.1 Å². The van der Waals surface area contributed by atoms with Crippen LogP contribution in [0.2, 0.25) is 0 Å². The standard InChI is InChI=1S/C25H24FN3O2/c1-31-16-24(30)28-15-22(18-5-3-2-4-6-18)10-17-9-21(13-27-12-17)19-7-8-20-14-29-25(26)23(20)11-19/h2-9,11-13,22H,10,14-16H2,1H3,(H,28,30)/t22-/m0/s1. The monoisotopic (exact) mass is 417 g/mol. The van der Waals surface area contributed by atoms with E-state index in [0.29, 0.717) is 25.1 Å². The molecular weight excluding hydrogens is 393 g/mol. The van der Waals surface area contributed by atoms with Gasteiger partial charge in [-0.2, -0.15) is 4.39 Å². The molecule has 0 saturated heterocycles. The van der Waals surface area contributed by atoms with Gasteiger partial charge in [0, 0.05) is 43.1 Å². The smallest absolute Gasteiger partial charge is 0.246 e. The molecule has 31 heavy (non-hydrogen) atoms. The molecular formula is C25H24FN3O2. The number of aliphatic imine (C=N–C) groups is 1. The fraction of sp³-hybridized carbons (Fsp3) is 0.240. The average Bonchev–Trinajstić information content (AvgIpc) is 3.18. The molecule has 6 heteroatoms. The summed E-state index contributed by atoms with van der Waals surface area (Å²) >= 11 is 0. The highest BCUT2D eigenvalue weighted by molar-refractivity contribution is 5.98. The van der Waals surface area contributed by atoms with E-state index < -0.39 is 5.97 Å². The van der Waals surface area contributed by atoms with Crippen molar-refractivity contribution in [2.45, 2.75) is 18.9 Å². The number of nitrogens with zero attached hydrogens (tertiary/aromatic N) is 2. The van der Waals surface area contributed by atoms with Gasteiger partial charge in [0.05, 0.1) is 6.54 Å². The highest BCUT2D eigenvalue weighted by Crippen LogP contribution is 2.28. The van der Waals surface area contributed by atoms with E-state index >= 15 is 0 Å². The fourth-order valence-corrected chi connectivity index (χ4v) is 3.82. The third kappa shape index (κ3) is 5.03. The van der Waals surface area contributed by atoms with Crippen molar-refractivity contribution in [2.75, 3.05) is 20.3 Å². The van der Waals surface area contributed by atoms with Crippen molar-refractivity contribution < 1.29 is 13.9 Å². The zero-order chi connectivity index (χ0) is 21.6. The lowest BCUT2D eigenvalue weighted by molar-refractivity contribution is -0.124. The first-order valence-electron chi connectivity index (χ1n) is 10.2. The van der Waals surface area contributed by atoms with Gasteiger partial charge in [0.1, 0.15) is 6.61 Å². The quantitative estimate of drug-likeness (QED) is 0.601. The van der Waals surface area contributed by atoms with Crippen LogP contribution in [0.5, 0.6) is 0 Å². The molecule has 1 aliphatic rings. The molecule has 0 fully saturated rings. The Hall–Kier alpha value is -3.38. The van der Waals surface area contributed by atoms with Crippen molar-refractivity contribution in [1.29, 1.82) is 0 Å². The minimum absolute atomic E-state index is 0.0384. The Labute approximate surface area is 181 Å². The molecule has 158 valence electrons. The Balaban J connectivity index is 1.56. The number of benzene rings is 2. The number of ether oxygens (including phenoxy) is 1. The lowest BCUT2D eigenvalue weighted by Gasteiger charge is -2.19. The molecule has 1 atom stereocenters. The van der Waals surface area contributed by atoms with E-state index in [-0.39, 0.29) is 18.4 Å². The highest BCUT2D eigenvalue weighted by atomic mass is 19.1. The fourth-order valence-electron chi connectivity index (χ4n) is 3.82. The predicted octanol–water partition coefficient (Wildman–Crippen LogP) is 4.07. The van der Waals surface area contributed by atoms with E-state index in [0.717, 1.165) is 27.8 Å². The summed E-state index contributed by atoms with van der Waals surface area (Å²) in [6, 6.07) is 17.9. The number of aromatic nitrogens is 1. The zero-order valence-corrected chi connectivity index (χ0v) is 17.3. The van der Waals surface area contributed by atoms with Crippen molar-refractivity contribution in [3.05, 3.63) is 89.2 Å². The molecule has 5 nitrogen and oxygen atoms in total. The number of hydrogen-bond donors (Lipinski definition) is 1. The van der Waals surface area contributed by atoms with E-state index in [2.05, 4.69) is 33.5 Å². The summed E-state index contributed by atoms with van der Waals surface area (Å²) < 4.78 is 18.9. The average molecular weight is 417 g/mol. The molecule has 3 aromatic rings. The minimum atomic E-state index is -0.406. The van der Waals surface area contributed by atoms with Crippen LogP contribution in [0, 0.1) is 0 Å². The van der Waals surface area contributed by atoms with Crippen LogP contribution < -0.4 is 5.32 Å². The number of rotatable bonds is 8. The van der Waals surface area contributed by atoms with Crippen LogP contribution in [0.15, 0.2) is 72.0 Å². The van der Waals surface area contributed by atoms with Gasteiger partial charge in [-0.3, -0.25) is 14.8 Å². The van der Waals surface area contributed by atoms with Crippen LogP contribution in [0.4, 0.5) is 4.39 Å². The van der Waals surface area contributed by atoms with Crippen LogP contribution in [0.25, 0.3) is 11.1 Å². The number of carbonyl (C=O) groups is 1. The van der Waals surface area contributed by atoms with E-state index in [9.17, 15) is 9.18 Å². The van der Waals surface area contributed by atoms with Crippen LogP contribution in [-0.2, 0) is 22.5 Å². The second-order valence-electron chi connectivity index (χ2n) is 7.61. The van der Waals surface area contributed by atoms with Gasteiger partial charge in [0.25, 0.3) is 0 Å². The topological polar surface area (TPSA) is 63.6 Å². The predicted molar refractivity (Wildman–Crippen MR) is 119 cm³/mol. The normalized spacial score (nSPS) is 13.4. The van der Waals surface area contributed by atoms with E-state index in [4.69, 9.17) is 4.74 Å². The van der Waals surface area contributed by atoms with E-state index in [1.807, 2.05) is 42.6 Å². The first kappa shape index (κ1) is 20.9. The molecule has 1 N–H and O–H groups in total. The second kappa shape index (κ2) is 9.62. The second-order valence-corrected chi connectivity index (χ2v) is 7.61. The molecule has 2 heterocycles. The molecule has 0 bridgehead atoms. The Bertz CT molecular complexity index is 1100. The molecule has 0 saturated carbocycles. The third-order valence-corrected chi connectivity index (χ3v) is 5.42. The molecule has 4 rings (SSSR count). The molecule has 0 unspecified atom stereocenters. The summed E-state index contributed by atoms with van der Waals surface area (Å²) in [6.07, 6.45) is 4.33. The first-order chi connectivity index (χ1) is 15.1. The van der Waals surface area contributed by atoms with Crippen molar-refractivity contribution in [1.82, 2.24) is 10.3 Å². The SMILES string of the molecule is COCC(=O)NC[C@H](Cc1cncc(-c2ccc3c(c2)C(F)=NC3)c1)c1ccccc1. The summed E-state index contributed by atoms with van der Waals surface area (Å²) in [7, 11) is 1.50. The number of hydrogen-bond acceptors (Lipinski definition) is 4. The molecule has 0 radical (unpaired) electrons. The maximum atomic E-state index is 13.9. The molecule has 0 spiro atoms. The van der Waals surface area contributed by atoms with Gasteiger partial charge in [-0.15, -0.1) is 0 Å². The Morgan fingerprint density at radius 2 is 1.97 bits per heavy atom. The summed E-state index contributed by atoms with van der Waals surface area (Å²) in [5, 5.41) is 2.94. The van der Waals surface area contributed by atoms with Gasteiger partial charge in [0.2, 0.25) is 11.9 Å². The van der Waals surface area contributed by atoms with Gasteiger partial charge in [-0.1, -0.05) is 42.5 Å². The van der Waals surface area contributed by atoms with Gasteiger partial charge >= 0.3 is 0 Å². The molecule has 2 aromatic carbocycles. The summed E-state index contributed by atoms with van der Waals surface area (Å²) in [5.74, 6) is -0.460. The molecule has 1 aliphatic heterocycles. The first-order valence-corrected chi connectivity index (χ1v) is 10.2. The number of pyridine rings is 1. The third-order valence-electron chi connectivity index (χ3n) is 5.42. The number of fused-ring (bicyclic) bond motifs is 1. The van der Waals surface area contributed by atoms with Crippen molar-refractivity contribution in [2.24, 2.45) is 4.99 Å². The van der Waals surface area contributed by atoms with Crippen LogP contribution in [0.1, 0.15) is 28.2 Å². The molecule has 1 aromatic heterocycles. The van der Waals surface area contributed by atoms with Crippen molar-refractivity contribution in [3.63, 3.8) is 0 Å². The van der Waals surface area contributed by atoms with Crippen molar-refractivity contribution in [3.8, 4) is 11.1 Å². The summed E-state index contributed by atoms with van der Waals surface area (Å²) in [5.41, 5.74) is 5.48. The Morgan fingerprint density at radius 3 is 2.77 bits per heavy atom. The Kier molecular flexibility index (Phi) is 6.48. The lowest BCUT2D eigenvalue weighted by atomic mass is 9.91. The van der Waals surface area contributed by atoms with Gasteiger partial charge < -0.3 is 10.1 Å². The van der Waals surface area contributed by atoms with Crippen molar-refractivity contribution >= 4 is 11.9 Å². The van der Waals surface area contributed by atoms with Gasteiger partial charge in [-0.05, 0) is 40.8 Å². The maximum absolute atomic E-state index is 13.9. The largest absolute Gasteiger partial charge is 0.375 e. The highest BCUT2D eigenvalue weighted by Gasteiger charge is 2.17. The number of methoxy groups -OCH3 is 1. The maximum Gasteiger partial charge on any atom is 0.246 e. The number of carbonyl (C=O) groups excluding carboxylic acids is 1.